The Morgan fingerprint density at radius 1 is 1.26 bits per heavy atom. The first kappa shape index (κ1) is 17.4. The Morgan fingerprint density at radius 2 is 2.04 bits per heavy atom. The second-order valence-corrected chi connectivity index (χ2v) is 6.69. The first-order valence-electron chi connectivity index (χ1n) is 9.07. The third-order valence-electron chi connectivity index (χ3n) is 4.84. The number of hydrogen-bond donors (Lipinski definition) is 2. The highest BCUT2D eigenvalue weighted by Gasteiger charge is 2.19. The third-order valence-corrected chi connectivity index (χ3v) is 4.84. The van der Waals surface area contributed by atoms with Crippen LogP contribution < -0.4 is 5.32 Å². The van der Waals surface area contributed by atoms with Crippen LogP contribution >= 0.6 is 0 Å². The van der Waals surface area contributed by atoms with Crippen molar-refractivity contribution in [2.75, 3.05) is 18.5 Å². The van der Waals surface area contributed by atoms with Crippen molar-refractivity contribution in [1.82, 2.24) is 25.0 Å². The number of aromatic amines is 1. The lowest BCUT2D eigenvalue weighted by atomic mass is 9.97. The molecule has 140 valence electrons. The van der Waals surface area contributed by atoms with Gasteiger partial charge in [0.2, 0.25) is 5.91 Å². The SMILES string of the molecule is Cn1c(CC(=O)Nc2cc(C3CCOCC3)[nH]n2)nnc1-c1ccccc1. The zero-order valence-electron chi connectivity index (χ0n) is 15.2. The van der Waals surface area contributed by atoms with Crippen LogP contribution in [0.2, 0.25) is 0 Å². The van der Waals surface area contributed by atoms with Gasteiger partial charge in [0, 0.05) is 43.5 Å². The van der Waals surface area contributed by atoms with Gasteiger partial charge in [0.25, 0.3) is 0 Å². The molecule has 1 aromatic carbocycles. The van der Waals surface area contributed by atoms with Crippen molar-refractivity contribution in [1.29, 1.82) is 0 Å². The monoisotopic (exact) mass is 366 g/mol. The van der Waals surface area contributed by atoms with Crippen LogP contribution in [0.3, 0.4) is 0 Å². The van der Waals surface area contributed by atoms with Gasteiger partial charge in [-0.2, -0.15) is 5.10 Å². The molecule has 4 rings (SSSR count). The van der Waals surface area contributed by atoms with Crippen LogP contribution in [0.25, 0.3) is 11.4 Å². The number of nitrogens with one attached hydrogen (secondary N) is 2. The molecule has 1 aliphatic heterocycles. The highest BCUT2D eigenvalue weighted by Crippen LogP contribution is 2.26. The van der Waals surface area contributed by atoms with E-state index in [-0.39, 0.29) is 12.3 Å². The molecule has 2 N–H and O–H groups in total. The van der Waals surface area contributed by atoms with Gasteiger partial charge in [-0.25, -0.2) is 0 Å². The summed E-state index contributed by atoms with van der Waals surface area (Å²) >= 11 is 0. The van der Waals surface area contributed by atoms with Crippen LogP contribution in [0, 0.1) is 0 Å². The van der Waals surface area contributed by atoms with Gasteiger partial charge in [0.1, 0.15) is 5.82 Å². The molecule has 1 saturated heterocycles. The molecule has 3 heterocycles. The maximum absolute atomic E-state index is 12.4. The molecule has 0 radical (unpaired) electrons. The maximum Gasteiger partial charge on any atom is 0.233 e. The quantitative estimate of drug-likeness (QED) is 0.722. The number of carbonyl (C=O) groups is 1. The van der Waals surface area contributed by atoms with E-state index < -0.39 is 0 Å². The Labute approximate surface area is 157 Å². The summed E-state index contributed by atoms with van der Waals surface area (Å²) in [5.41, 5.74) is 2.01. The molecule has 1 amide bonds. The van der Waals surface area contributed by atoms with Crippen molar-refractivity contribution in [3.8, 4) is 11.4 Å². The molecule has 27 heavy (non-hydrogen) atoms. The summed E-state index contributed by atoms with van der Waals surface area (Å²) in [6.07, 6.45) is 2.07. The van der Waals surface area contributed by atoms with Gasteiger partial charge in [-0.15, -0.1) is 10.2 Å². The van der Waals surface area contributed by atoms with E-state index in [0.717, 1.165) is 43.1 Å². The largest absolute Gasteiger partial charge is 0.381 e. The molecule has 0 aliphatic carbocycles. The second kappa shape index (κ2) is 7.71. The summed E-state index contributed by atoms with van der Waals surface area (Å²) in [7, 11) is 1.86. The molecule has 0 bridgehead atoms. The number of hydrogen-bond acceptors (Lipinski definition) is 5. The van der Waals surface area contributed by atoms with E-state index in [1.165, 1.54) is 0 Å². The third kappa shape index (κ3) is 3.90. The molecule has 8 heteroatoms. The average molecular weight is 366 g/mol. The van der Waals surface area contributed by atoms with Crippen molar-refractivity contribution in [2.24, 2.45) is 7.05 Å². The van der Waals surface area contributed by atoms with E-state index in [1.54, 1.807) is 0 Å². The van der Waals surface area contributed by atoms with Crippen LogP contribution in [0.1, 0.15) is 30.3 Å². The number of rotatable bonds is 5. The second-order valence-electron chi connectivity index (χ2n) is 6.69. The Morgan fingerprint density at radius 3 is 2.81 bits per heavy atom. The number of ether oxygens (including phenoxy) is 1. The summed E-state index contributed by atoms with van der Waals surface area (Å²) < 4.78 is 7.23. The minimum absolute atomic E-state index is 0.135. The lowest BCUT2D eigenvalue weighted by Crippen LogP contribution is -2.17. The molecule has 1 aliphatic rings. The van der Waals surface area contributed by atoms with Crippen LogP contribution in [0.4, 0.5) is 5.82 Å². The van der Waals surface area contributed by atoms with Crippen molar-refractivity contribution in [3.05, 3.63) is 47.9 Å². The summed E-state index contributed by atoms with van der Waals surface area (Å²) in [6, 6.07) is 11.7. The highest BCUT2D eigenvalue weighted by molar-refractivity contribution is 5.91. The van der Waals surface area contributed by atoms with Crippen LogP contribution in [-0.4, -0.2) is 44.1 Å². The van der Waals surface area contributed by atoms with Gasteiger partial charge < -0.3 is 14.6 Å². The van der Waals surface area contributed by atoms with Crippen molar-refractivity contribution >= 4 is 11.7 Å². The first-order chi connectivity index (χ1) is 13.2. The van der Waals surface area contributed by atoms with Gasteiger partial charge in [-0.1, -0.05) is 30.3 Å². The van der Waals surface area contributed by atoms with Crippen LogP contribution in [0.15, 0.2) is 36.4 Å². The number of carbonyl (C=O) groups excluding carboxylic acids is 1. The van der Waals surface area contributed by atoms with E-state index in [2.05, 4.69) is 25.7 Å². The normalized spacial score (nSPS) is 15.0. The summed E-state index contributed by atoms with van der Waals surface area (Å²) in [6.45, 7) is 1.53. The van der Waals surface area contributed by atoms with E-state index >= 15 is 0 Å². The van der Waals surface area contributed by atoms with Gasteiger partial charge in [0.15, 0.2) is 11.6 Å². The topological polar surface area (TPSA) is 97.7 Å². The van der Waals surface area contributed by atoms with E-state index in [1.807, 2.05) is 48.0 Å². The van der Waals surface area contributed by atoms with Crippen molar-refractivity contribution in [3.63, 3.8) is 0 Å². The molecular formula is C19H22N6O2. The van der Waals surface area contributed by atoms with Gasteiger partial charge in [-0.05, 0) is 12.8 Å². The number of benzene rings is 1. The predicted molar refractivity (Wildman–Crippen MR) is 100 cm³/mol. The molecule has 0 atom stereocenters. The summed E-state index contributed by atoms with van der Waals surface area (Å²) in [5, 5.41) is 18.4. The zero-order chi connectivity index (χ0) is 18.6. The number of anilines is 1. The highest BCUT2D eigenvalue weighted by atomic mass is 16.5. The lowest BCUT2D eigenvalue weighted by Gasteiger charge is -2.20. The molecule has 0 unspecified atom stereocenters. The van der Waals surface area contributed by atoms with Crippen molar-refractivity contribution in [2.45, 2.75) is 25.2 Å². The van der Waals surface area contributed by atoms with Crippen molar-refractivity contribution < 1.29 is 9.53 Å². The fraction of sp³-hybridized carbons (Fsp3) is 0.368. The zero-order valence-corrected chi connectivity index (χ0v) is 15.2. The number of amides is 1. The molecule has 0 spiro atoms. The number of nitrogens with zero attached hydrogens (tertiary/aromatic N) is 4. The lowest BCUT2D eigenvalue weighted by molar-refractivity contribution is -0.115. The average Bonchev–Trinajstić information content (AvgIpc) is 3.30. The van der Waals surface area contributed by atoms with E-state index in [9.17, 15) is 4.79 Å². The van der Waals surface area contributed by atoms with Gasteiger partial charge >= 0.3 is 0 Å². The number of aromatic nitrogens is 5. The summed E-state index contributed by atoms with van der Waals surface area (Å²) in [4.78, 5) is 12.4. The van der Waals surface area contributed by atoms with E-state index in [0.29, 0.717) is 17.6 Å². The standard InChI is InChI=1S/C19H22N6O2/c1-25-17(23-24-19(25)14-5-3-2-4-6-14)12-18(26)20-16-11-15(21-22-16)13-7-9-27-10-8-13/h2-6,11,13H,7-10,12H2,1H3,(H2,20,21,22,26). The first-order valence-corrected chi connectivity index (χ1v) is 9.07. The van der Waals surface area contributed by atoms with Gasteiger partial charge in [0.05, 0.1) is 6.42 Å². The minimum atomic E-state index is -0.171. The van der Waals surface area contributed by atoms with Crippen LogP contribution in [-0.2, 0) is 23.0 Å². The van der Waals surface area contributed by atoms with Crippen LogP contribution in [0.5, 0.6) is 0 Å². The Balaban J connectivity index is 1.40. The Hall–Kier alpha value is -3.00. The van der Waals surface area contributed by atoms with Gasteiger partial charge in [-0.3, -0.25) is 9.89 Å². The molecule has 1 fully saturated rings. The Bertz CT molecular complexity index is 911. The predicted octanol–water partition coefficient (Wildman–Crippen LogP) is 2.28. The fourth-order valence-corrected chi connectivity index (χ4v) is 3.30. The minimum Gasteiger partial charge on any atom is -0.381 e. The molecule has 2 aromatic heterocycles. The fourth-order valence-electron chi connectivity index (χ4n) is 3.30. The number of H-pyrrole nitrogens is 1. The maximum atomic E-state index is 12.4. The molecule has 0 saturated carbocycles. The summed E-state index contributed by atoms with van der Waals surface area (Å²) in [5.74, 6) is 2.11. The van der Waals surface area contributed by atoms with E-state index in [4.69, 9.17) is 4.74 Å². The molecule has 3 aromatic rings. The Kier molecular flexibility index (Phi) is 4.97. The smallest absolute Gasteiger partial charge is 0.233 e. The molecule has 8 nitrogen and oxygen atoms in total. The molecular weight excluding hydrogens is 344 g/mol.